The van der Waals surface area contributed by atoms with Crippen LogP contribution in [-0.2, 0) is 11.2 Å². The lowest BCUT2D eigenvalue weighted by Crippen LogP contribution is -2.52. The maximum Gasteiger partial charge on any atom is 0.317 e. The smallest absolute Gasteiger partial charge is 0.317 e. The molecule has 0 saturated carbocycles. The second-order valence-corrected chi connectivity index (χ2v) is 5.64. The molecule has 1 fully saturated rings. The summed E-state index contributed by atoms with van der Waals surface area (Å²) in [4.78, 5) is 16.3. The van der Waals surface area contributed by atoms with Gasteiger partial charge in [-0.2, -0.15) is 0 Å². The minimum absolute atomic E-state index is 0.0545. The first-order valence-corrected chi connectivity index (χ1v) is 8.07. The van der Waals surface area contributed by atoms with Crippen molar-refractivity contribution in [3.8, 4) is 0 Å². The van der Waals surface area contributed by atoms with Crippen molar-refractivity contribution in [2.75, 3.05) is 53.0 Å². The molecule has 1 aromatic carbocycles. The van der Waals surface area contributed by atoms with Gasteiger partial charge in [0.1, 0.15) is 0 Å². The molecule has 2 rings (SSSR count). The highest BCUT2D eigenvalue weighted by Gasteiger charge is 2.20. The molecular weight excluding hydrogens is 278 g/mol. The highest BCUT2D eigenvalue weighted by atomic mass is 16.5. The summed E-state index contributed by atoms with van der Waals surface area (Å²) in [7, 11) is 1.68. The summed E-state index contributed by atoms with van der Waals surface area (Å²) < 4.78 is 4.97. The summed E-state index contributed by atoms with van der Waals surface area (Å²) in [5.41, 5.74) is 1.38. The van der Waals surface area contributed by atoms with Gasteiger partial charge in [0.25, 0.3) is 0 Å². The van der Waals surface area contributed by atoms with Crippen LogP contribution in [-0.4, -0.2) is 68.8 Å². The van der Waals surface area contributed by atoms with Crippen molar-refractivity contribution in [1.82, 2.24) is 15.1 Å². The number of hydrogen-bond acceptors (Lipinski definition) is 3. The minimum atomic E-state index is 0.0545. The summed E-state index contributed by atoms with van der Waals surface area (Å²) in [6.45, 7) is 5.97. The Kier molecular flexibility index (Phi) is 7.19. The number of ether oxygens (including phenoxy) is 1. The Hall–Kier alpha value is -1.59. The molecule has 22 heavy (non-hydrogen) atoms. The summed E-state index contributed by atoms with van der Waals surface area (Å²) in [6.07, 6.45) is 1.93. The number of benzene rings is 1. The Morgan fingerprint density at radius 2 is 1.91 bits per heavy atom. The topological polar surface area (TPSA) is 44.8 Å². The zero-order chi connectivity index (χ0) is 15.6. The molecule has 1 aliphatic rings. The number of amides is 2. The van der Waals surface area contributed by atoms with Crippen LogP contribution in [0.4, 0.5) is 4.79 Å². The number of nitrogens with one attached hydrogen (secondary N) is 1. The van der Waals surface area contributed by atoms with Crippen LogP contribution in [0.5, 0.6) is 0 Å². The van der Waals surface area contributed by atoms with E-state index in [0.717, 1.165) is 45.6 Å². The lowest BCUT2D eigenvalue weighted by Gasteiger charge is -2.34. The summed E-state index contributed by atoms with van der Waals surface area (Å²) in [6, 6.07) is 10.6. The number of piperazine rings is 1. The van der Waals surface area contributed by atoms with Gasteiger partial charge >= 0.3 is 6.03 Å². The molecule has 2 amide bonds. The van der Waals surface area contributed by atoms with Crippen LogP contribution in [0.25, 0.3) is 0 Å². The Balaban J connectivity index is 1.62. The molecule has 0 aromatic heterocycles. The molecule has 5 heteroatoms. The second-order valence-electron chi connectivity index (χ2n) is 5.64. The number of carbonyl (C=O) groups is 1. The Bertz CT molecular complexity index is 431. The second kappa shape index (κ2) is 9.43. The first kappa shape index (κ1) is 16.8. The van der Waals surface area contributed by atoms with Crippen molar-refractivity contribution in [3.05, 3.63) is 35.9 Å². The molecule has 1 heterocycles. The minimum Gasteiger partial charge on any atom is -0.385 e. The van der Waals surface area contributed by atoms with Crippen LogP contribution in [0.3, 0.4) is 0 Å². The Labute approximate surface area is 133 Å². The third-order valence-electron chi connectivity index (χ3n) is 4.02. The molecule has 5 nitrogen and oxygen atoms in total. The molecule has 0 atom stereocenters. The third-order valence-corrected chi connectivity index (χ3v) is 4.02. The van der Waals surface area contributed by atoms with E-state index in [2.05, 4.69) is 34.5 Å². The van der Waals surface area contributed by atoms with Gasteiger partial charge in [0.05, 0.1) is 0 Å². The van der Waals surface area contributed by atoms with Gasteiger partial charge in [0, 0.05) is 53.0 Å². The van der Waals surface area contributed by atoms with Gasteiger partial charge < -0.3 is 15.0 Å². The molecule has 0 bridgehead atoms. The van der Waals surface area contributed by atoms with E-state index in [1.165, 1.54) is 5.56 Å². The third kappa shape index (κ3) is 5.66. The van der Waals surface area contributed by atoms with Crippen molar-refractivity contribution in [2.24, 2.45) is 0 Å². The fraction of sp³-hybridized carbons (Fsp3) is 0.588. The van der Waals surface area contributed by atoms with Gasteiger partial charge in [-0.05, 0) is 18.4 Å². The fourth-order valence-corrected chi connectivity index (χ4v) is 2.63. The number of hydrogen-bond donors (Lipinski definition) is 1. The maximum absolute atomic E-state index is 12.0. The highest BCUT2D eigenvalue weighted by molar-refractivity contribution is 5.74. The lowest BCUT2D eigenvalue weighted by atomic mass is 10.1. The largest absolute Gasteiger partial charge is 0.385 e. The first-order valence-electron chi connectivity index (χ1n) is 8.07. The molecule has 0 aliphatic carbocycles. The van der Waals surface area contributed by atoms with Crippen molar-refractivity contribution in [1.29, 1.82) is 0 Å². The zero-order valence-corrected chi connectivity index (χ0v) is 13.5. The SMILES string of the molecule is COCCCNC(=O)N1CCN(CCc2ccccc2)CC1. The monoisotopic (exact) mass is 305 g/mol. The van der Waals surface area contributed by atoms with Crippen LogP contribution in [0.15, 0.2) is 30.3 Å². The number of urea groups is 1. The van der Waals surface area contributed by atoms with Crippen LogP contribution in [0.1, 0.15) is 12.0 Å². The quantitative estimate of drug-likeness (QED) is 0.778. The molecule has 1 aromatic rings. The van der Waals surface area contributed by atoms with Crippen LogP contribution in [0, 0.1) is 0 Å². The predicted octanol–water partition coefficient (Wildman–Crippen LogP) is 1.59. The Morgan fingerprint density at radius 3 is 2.59 bits per heavy atom. The number of methoxy groups -OCH3 is 1. The number of nitrogens with zero attached hydrogens (tertiary/aromatic N) is 2. The number of rotatable bonds is 7. The summed E-state index contributed by atoms with van der Waals surface area (Å²) >= 11 is 0. The van der Waals surface area contributed by atoms with Crippen LogP contribution in [0.2, 0.25) is 0 Å². The van der Waals surface area contributed by atoms with Crippen molar-refractivity contribution >= 4 is 6.03 Å². The molecule has 1 aliphatic heterocycles. The number of carbonyl (C=O) groups excluding carboxylic acids is 1. The van der Waals surface area contributed by atoms with E-state index >= 15 is 0 Å². The molecule has 122 valence electrons. The van der Waals surface area contributed by atoms with Gasteiger partial charge in [0.2, 0.25) is 0 Å². The van der Waals surface area contributed by atoms with Crippen molar-refractivity contribution in [3.63, 3.8) is 0 Å². The summed E-state index contributed by atoms with van der Waals surface area (Å²) in [5, 5.41) is 2.95. The van der Waals surface area contributed by atoms with E-state index in [4.69, 9.17) is 4.74 Å². The average molecular weight is 305 g/mol. The Morgan fingerprint density at radius 1 is 1.18 bits per heavy atom. The van der Waals surface area contributed by atoms with E-state index in [1.54, 1.807) is 7.11 Å². The molecular formula is C17H27N3O2. The van der Waals surface area contributed by atoms with E-state index in [0.29, 0.717) is 13.2 Å². The molecule has 0 radical (unpaired) electrons. The molecule has 0 unspecified atom stereocenters. The first-order chi connectivity index (χ1) is 10.8. The van der Waals surface area contributed by atoms with Gasteiger partial charge in [-0.3, -0.25) is 4.90 Å². The maximum atomic E-state index is 12.0. The average Bonchev–Trinajstić information content (AvgIpc) is 2.58. The predicted molar refractivity (Wildman–Crippen MR) is 88.1 cm³/mol. The summed E-state index contributed by atoms with van der Waals surface area (Å²) in [5.74, 6) is 0. The normalized spacial score (nSPS) is 15.8. The van der Waals surface area contributed by atoms with Gasteiger partial charge in [-0.25, -0.2) is 4.79 Å². The molecule has 1 N–H and O–H groups in total. The highest BCUT2D eigenvalue weighted by Crippen LogP contribution is 2.05. The van der Waals surface area contributed by atoms with Crippen molar-refractivity contribution in [2.45, 2.75) is 12.8 Å². The van der Waals surface area contributed by atoms with Gasteiger partial charge in [0.15, 0.2) is 0 Å². The van der Waals surface area contributed by atoms with Gasteiger partial charge in [-0.1, -0.05) is 30.3 Å². The molecule has 1 saturated heterocycles. The van der Waals surface area contributed by atoms with E-state index in [-0.39, 0.29) is 6.03 Å². The van der Waals surface area contributed by atoms with Crippen LogP contribution < -0.4 is 5.32 Å². The lowest BCUT2D eigenvalue weighted by molar-refractivity contribution is 0.139. The van der Waals surface area contributed by atoms with Crippen LogP contribution >= 0.6 is 0 Å². The van der Waals surface area contributed by atoms with Crippen molar-refractivity contribution < 1.29 is 9.53 Å². The van der Waals surface area contributed by atoms with E-state index < -0.39 is 0 Å². The zero-order valence-electron chi connectivity index (χ0n) is 13.5. The van der Waals surface area contributed by atoms with E-state index in [9.17, 15) is 4.79 Å². The van der Waals surface area contributed by atoms with E-state index in [1.807, 2.05) is 11.0 Å². The molecule has 0 spiro atoms. The standard InChI is InChI=1S/C17H27N3O2/c1-22-15-5-9-18-17(21)20-13-11-19(12-14-20)10-8-16-6-3-2-4-7-16/h2-4,6-7H,5,8-15H2,1H3,(H,18,21). The fourth-order valence-electron chi connectivity index (χ4n) is 2.63. The van der Waals surface area contributed by atoms with Gasteiger partial charge in [-0.15, -0.1) is 0 Å².